The van der Waals surface area contributed by atoms with Crippen molar-refractivity contribution in [3.05, 3.63) is 35.4 Å². The first-order valence-corrected chi connectivity index (χ1v) is 8.25. The lowest BCUT2D eigenvalue weighted by atomic mass is 9.97. The molecule has 0 aromatic heterocycles. The smallest absolute Gasteiger partial charge is 0.176 e. The van der Waals surface area contributed by atoms with Gasteiger partial charge in [-0.25, -0.2) is 0 Å². The molecule has 0 spiro atoms. The van der Waals surface area contributed by atoms with Crippen molar-refractivity contribution in [2.75, 3.05) is 31.6 Å². The number of fused-ring (bicyclic) bond motifs is 1. The second-order valence-corrected chi connectivity index (χ2v) is 5.94. The molecule has 3 rings (SSSR count). The van der Waals surface area contributed by atoms with E-state index in [0.717, 1.165) is 36.5 Å². The van der Waals surface area contributed by atoms with Gasteiger partial charge in [0, 0.05) is 12.1 Å². The Balaban J connectivity index is 1.46. The number of hydrogen-bond acceptors (Lipinski definition) is 4. The summed E-state index contributed by atoms with van der Waals surface area (Å²) in [5, 5.41) is 6.53. The number of allylic oxidation sites excluding steroid dienone is 1. The van der Waals surface area contributed by atoms with Crippen molar-refractivity contribution < 1.29 is 9.53 Å². The molecular formula is C18H24N2O2. The molecule has 0 bridgehead atoms. The van der Waals surface area contributed by atoms with E-state index >= 15 is 0 Å². The summed E-state index contributed by atoms with van der Waals surface area (Å²) in [7, 11) is 0. The molecule has 22 heavy (non-hydrogen) atoms. The molecule has 1 aromatic rings. The zero-order valence-corrected chi connectivity index (χ0v) is 13.0. The molecule has 2 N–H and O–H groups in total. The van der Waals surface area contributed by atoms with Gasteiger partial charge in [-0.05, 0) is 56.8 Å². The van der Waals surface area contributed by atoms with E-state index in [0.29, 0.717) is 13.2 Å². The second-order valence-electron chi connectivity index (χ2n) is 5.94. The van der Waals surface area contributed by atoms with Gasteiger partial charge in [-0.2, -0.15) is 0 Å². The van der Waals surface area contributed by atoms with E-state index in [1.54, 1.807) is 5.57 Å². The maximum absolute atomic E-state index is 12.2. The Hall–Kier alpha value is -1.81. The molecule has 0 unspecified atom stereocenters. The Morgan fingerprint density at radius 3 is 3.14 bits per heavy atom. The molecule has 4 nitrogen and oxygen atoms in total. The van der Waals surface area contributed by atoms with E-state index in [-0.39, 0.29) is 5.78 Å². The number of hydrogen-bond donors (Lipinski definition) is 2. The molecule has 0 amide bonds. The van der Waals surface area contributed by atoms with Crippen LogP contribution in [0, 0.1) is 0 Å². The fourth-order valence-electron chi connectivity index (χ4n) is 3.00. The Morgan fingerprint density at radius 1 is 1.32 bits per heavy atom. The van der Waals surface area contributed by atoms with Crippen molar-refractivity contribution in [2.45, 2.75) is 32.1 Å². The molecular weight excluding hydrogens is 276 g/mol. The van der Waals surface area contributed by atoms with E-state index in [4.69, 9.17) is 4.74 Å². The van der Waals surface area contributed by atoms with Crippen molar-refractivity contribution in [1.82, 2.24) is 5.32 Å². The van der Waals surface area contributed by atoms with Gasteiger partial charge < -0.3 is 15.4 Å². The molecule has 0 saturated carbocycles. The molecule has 1 aromatic carbocycles. The van der Waals surface area contributed by atoms with Crippen molar-refractivity contribution in [1.29, 1.82) is 0 Å². The van der Waals surface area contributed by atoms with Crippen LogP contribution < -0.4 is 15.4 Å². The first kappa shape index (κ1) is 15.1. The summed E-state index contributed by atoms with van der Waals surface area (Å²) in [5.74, 6) is 0.966. The van der Waals surface area contributed by atoms with Gasteiger partial charge in [0.25, 0.3) is 0 Å². The van der Waals surface area contributed by atoms with Crippen LogP contribution >= 0.6 is 0 Å². The zero-order valence-electron chi connectivity index (χ0n) is 13.0. The van der Waals surface area contributed by atoms with Crippen LogP contribution in [0.1, 0.15) is 42.5 Å². The highest BCUT2D eigenvalue weighted by Gasteiger charge is 2.13. The van der Waals surface area contributed by atoms with Crippen LogP contribution in [0.2, 0.25) is 0 Å². The summed E-state index contributed by atoms with van der Waals surface area (Å²) < 4.78 is 5.53. The minimum atomic E-state index is 0.132. The molecule has 1 aliphatic carbocycles. The van der Waals surface area contributed by atoms with Crippen LogP contribution in [-0.2, 0) is 0 Å². The van der Waals surface area contributed by atoms with Crippen LogP contribution in [0.25, 0.3) is 0 Å². The number of nitrogens with one attached hydrogen (secondary N) is 2. The third-order valence-electron chi connectivity index (χ3n) is 4.27. The van der Waals surface area contributed by atoms with Gasteiger partial charge in [-0.1, -0.05) is 11.6 Å². The predicted octanol–water partition coefficient (Wildman–Crippen LogP) is 3.15. The van der Waals surface area contributed by atoms with Gasteiger partial charge in [-0.3, -0.25) is 4.79 Å². The first-order chi connectivity index (χ1) is 10.8. The van der Waals surface area contributed by atoms with Crippen LogP contribution in [0.5, 0.6) is 5.75 Å². The van der Waals surface area contributed by atoms with Crippen LogP contribution in [-0.4, -0.2) is 32.0 Å². The van der Waals surface area contributed by atoms with E-state index in [1.165, 1.54) is 25.7 Å². The summed E-state index contributed by atoms with van der Waals surface area (Å²) >= 11 is 0. The van der Waals surface area contributed by atoms with E-state index in [2.05, 4.69) is 16.7 Å². The van der Waals surface area contributed by atoms with Gasteiger partial charge in [-0.15, -0.1) is 0 Å². The molecule has 1 aliphatic heterocycles. The largest absolute Gasteiger partial charge is 0.490 e. The van der Waals surface area contributed by atoms with Crippen LogP contribution in [0.4, 0.5) is 5.69 Å². The lowest BCUT2D eigenvalue weighted by molar-refractivity contribution is 0.0991. The highest BCUT2D eigenvalue weighted by molar-refractivity contribution is 5.98. The third-order valence-corrected chi connectivity index (χ3v) is 4.27. The number of carbonyl (C=O) groups excluding carboxylic acids is 1. The van der Waals surface area contributed by atoms with E-state index in [1.807, 2.05) is 18.2 Å². The molecule has 0 radical (unpaired) electrons. The first-order valence-electron chi connectivity index (χ1n) is 8.25. The highest BCUT2D eigenvalue weighted by Crippen LogP contribution is 2.28. The Morgan fingerprint density at radius 2 is 2.27 bits per heavy atom. The van der Waals surface area contributed by atoms with Crippen molar-refractivity contribution in [3.8, 4) is 5.75 Å². The Labute approximate surface area is 131 Å². The highest BCUT2D eigenvalue weighted by atomic mass is 16.5. The number of Topliss-reactive ketones (excluding diaryl/α,β-unsaturated/α-hetero) is 1. The molecule has 2 aliphatic rings. The van der Waals surface area contributed by atoms with Gasteiger partial charge in [0.2, 0.25) is 0 Å². The van der Waals surface area contributed by atoms with Crippen molar-refractivity contribution in [2.24, 2.45) is 0 Å². The summed E-state index contributed by atoms with van der Waals surface area (Å²) in [5.41, 5.74) is 3.20. The maximum Gasteiger partial charge on any atom is 0.176 e. The molecule has 1 heterocycles. The quantitative estimate of drug-likeness (QED) is 0.481. The van der Waals surface area contributed by atoms with Crippen LogP contribution in [0.3, 0.4) is 0 Å². The summed E-state index contributed by atoms with van der Waals surface area (Å²) in [6.45, 7) is 2.74. The van der Waals surface area contributed by atoms with Gasteiger partial charge >= 0.3 is 0 Å². The van der Waals surface area contributed by atoms with Crippen molar-refractivity contribution >= 4 is 11.5 Å². The average molecular weight is 300 g/mol. The summed E-state index contributed by atoms with van der Waals surface area (Å²) in [6.07, 6.45) is 8.51. The third kappa shape index (κ3) is 3.89. The SMILES string of the molecule is O=C(CNCCC1=CCCCC1)c1ccc2c(c1)NCCO2. The topological polar surface area (TPSA) is 50.4 Å². The predicted molar refractivity (Wildman–Crippen MR) is 88.8 cm³/mol. The fraction of sp³-hybridized carbons (Fsp3) is 0.500. The lowest BCUT2D eigenvalue weighted by Crippen LogP contribution is -2.25. The summed E-state index contributed by atoms with van der Waals surface area (Å²) in [6, 6.07) is 5.61. The van der Waals surface area contributed by atoms with E-state index < -0.39 is 0 Å². The second kappa shape index (κ2) is 7.45. The average Bonchev–Trinajstić information content (AvgIpc) is 2.59. The molecule has 0 saturated heterocycles. The lowest BCUT2D eigenvalue weighted by Gasteiger charge is -2.19. The number of rotatable bonds is 6. The molecule has 0 atom stereocenters. The number of benzene rings is 1. The molecule has 118 valence electrons. The fourth-order valence-corrected chi connectivity index (χ4v) is 3.00. The van der Waals surface area contributed by atoms with E-state index in [9.17, 15) is 4.79 Å². The number of anilines is 1. The molecule has 0 fully saturated rings. The monoisotopic (exact) mass is 300 g/mol. The van der Waals surface area contributed by atoms with Crippen molar-refractivity contribution in [3.63, 3.8) is 0 Å². The van der Waals surface area contributed by atoms with Crippen LogP contribution in [0.15, 0.2) is 29.8 Å². The Bertz CT molecular complexity index is 566. The number of carbonyl (C=O) groups is 1. The Kier molecular flexibility index (Phi) is 5.11. The van der Waals surface area contributed by atoms with Gasteiger partial charge in [0.15, 0.2) is 5.78 Å². The zero-order chi connectivity index (χ0) is 15.2. The summed E-state index contributed by atoms with van der Waals surface area (Å²) in [4.78, 5) is 12.2. The number of ketones is 1. The normalized spacial score (nSPS) is 17.0. The minimum absolute atomic E-state index is 0.132. The standard InChI is InChI=1S/C18H24N2O2/c21-17(13-19-9-8-14-4-2-1-3-5-14)15-6-7-18-16(12-15)20-10-11-22-18/h4,6-7,12,19-20H,1-3,5,8-11,13H2. The minimum Gasteiger partial charge on any atom is -0.490 e. The molecule has 4 heteroatoms. The maximum atomic E-state index is 12.2. The van der Waals surface area contributed by atoms with Gasteiger partial charge in [0.1, 0.15) is 12.4 Å². The van der Waals surface area contributed by atoms with Gasteiger partial charge in [0.05, 0.1) is 12.2 Å². The number of ether oxygens (including phenoxy) is 1.